The summed E-state index contributed by atoms with van der Waals surface area (Å²) < 4.78 is 6.02. The first kappa shape index (κ1) is 21.2. The maximum Gasteiger partial charge on any atom is 0.225 e. The molecule has 0 radical (unpaired) electrons. The van der Waals surface area contributed by atoms with Crippen molar-refractivity contribution >= 4 is 11.9 Å². The number of benzene rings is 1. The molecule has 27 heavy (non-hydrogen) atoms. The number of hydrogen-bond donors (Lipinski definition) is 2. The monoisotopic (exact) mass is 374 g/mol. The average Bonchev–Trinajstić information content (AvgIpc) is 2.61. The van der Waals surface area contributed by atoms with Crippen LogP contribution in [0.2, 0.25) is 0 Å². The summed E-state index contributed by atoms with van der Waals surface area (Å²) in [6.07, 6.45) is 0.0403. The van der Waals surface area contributed by atoms with Crippen LogP contribution in [0, 0.1) is 19.3 Å². The van der Waals surface area contributed by atoms with Crippen LogP contribution in [-0.4, -0.2) is 56.6 Å². The van der Waals surface area contributed by atoms with Crippen LogP contribution in [0.3, 0.4) is 0 Å². The van der Waals surface area contributed by atoms with E-state index in [1.165, 1.54) is 16.7 Å². The van der Waals surface area contributed by atoms with Crippen LogP contribution in [0.15, 0.2) is 23.2 Å². The zero-order chi connectivity index (χ0) is 20.0. The summed E-state index contributed by atoms with van der Waals surface area (Å²) in [5.74, 6) is 0.902. The van der Waals surface area contributed by atoms with Crippen LogP contribution in [0.25, 0.3) is 0 Å². The SMILES string of the molecule is CN=C(NCCNC(=O)C(C)(C)C)N1CCOC(c2ccc(C)cc2C)C1. The molecule has 1 unspecified atom stereocenters. The third-order valence-corrected chi connectivity index (χ3v) is 4.72. The molecule has 1 aromatic carbocycles. The minimum Gasteiger partial charge on any atom is -0.370 e. The van der Waals surface area contributed by atoms with Gasteiger partial charge in [0.05, 0.1) is 13.2 Å². The Labute approximate surface area is 163 Å². The Morgan fingerprint density at radius 3 is 2.59 bits per heavy atom. The normalized spacial score (nSPS) is 18.4. The Morgan fingerprint density at radius 1 is 1.26 bits per heavy atom. The lowest BCUT2D eigenvalue weighted by molar-refractivity contribution is -0.128. The summed E-state index contributed by atoms with van der Waals surface area (Å²) in [5.41, 5.74) is 3.39. The molecule has 0 saturated carbocycles. The lowest BCUT2D eigenvalue weighted by atomic mass is 9.96. The summed E-state index contributed by atoms with van der Waals surface area (Å²) in [7, 11) is 1.79. The standard InChI is InChI=1S/C21H34N4O2/c1-15-7-8-17(16(2)13-15)18-14-25(11-12-27-18)20(22-6)24-10-9-23-19(26)21(3,4)5/h7-8,13,18H,9-12,14H2,1-6H3,(H,22,24)(H,23,26). The average molecular weight is 375 g/mol. The fourth-order valence-electron chi connectivity index (χ4n) is 3.16. The molecule has 1 amide bonds. The van der Waals surface area contributed by atoms with Crippen molar-refractivity contribution in [1.82, 2.24) is 15.5 Å². The van der Waals surface area contributed by atoms with E-state index in [0.29, 0.717) is 19.7 Å². The van der Waals surface area contributed by atoms with E-state index in [-0.39, 0.29) is 17.4 Å². The van der Waals surface area contributed by atoms with Crippen LogP contribution in [-0.2, 0) is 9.53 Å². The van der Waals surface area contributed by atoms with Gasteiger partial charge >= 0.3 is 0 Å². The third-order valence-electron chi connectivity index (χ3n) is 4.72. The van der Waals surface area contributed by atoms with Crippen LogP contribution in [0.5, 0.6) is 0 Å². The molecule has 2 N–H and O–H groups in total. The van der Waals surface area contributed by atoms with E-state index >= 15 is 0 Å². The van der Waals surface area contributed by atoms with Crippen molar-refractivity contribution in [3.05, 3.63) is 34.9 Å². The molecule has 1 aliphatic rings. The van der Waals surface area contributed by atoms with Gasteiger partial charge in [0.2, 0.25) is 5.91 Å². The molecule has 1 aromatic rings. The number of ether oxygens (including phenoxy) is 1. The first-order chi connectivity index (χ1) is 12.7. The van der Waals surface area contributed by atoms with Gasteiger partial charge in [-0.1, -0.05) is 44.5 Å². The minimum absolute atomic E-state index is 0.0403. The van der Waals surface area contributed by atoms with Gasteiger partial charge in [-0.25, -0.2) is 0 Å². The van der Waals surface area contributed by atoms with Gasteiger partial charge in [-0.15, -0.1) is 0 Å². The lowest BCUT2D eigenvalue weighted by Crippen LogP contribution is -2.50. The highest BCUT2D eigenvalue weighted by Crippen LogP contribution is 2.25. The highest BCUT2D eigenvalue weighted by molar-refractivity contribution is 5.82. The Bertz CT molecular complexity index is 679. The zero-order valence-electron chi connectivity index (χ0n) is 17.6. The van der Waals surface area contributed by atoms with Gasteiger partial charge in [0, 0.05) is 32.1 Å². The Hall–Kier alpha value is -2.08. The van der Waals surface area contributed by atoms with Gasteiger partial charge in [-0.3, -0.25) is 9.79 Å². The molecular formula is C21H34N4O2. The third kappa shape index (κ3) is 5.96. The number of rotatable bonds is 4. The summed E-state index contributed by atoms with van der Waals surface area (Å²) in [4.78, 5) is 18.6. The first-order valence-corrected chi connectivity index (χ1v) is 9.65. The van der Waals surface area contributed by atoms with Crippen molar-refractivity contribution in [3.8, 4) is 0 Å². The molecule has 1 atom stereocenters. The van der Waals surface area contributed by atoms with Gasteiger partial charge in [0.15, 0.2) is 5.96 Å². The smallest absolute Gasteiger partial charge is 0.225 e. The first-order valence-electron chi connectivity index (χ1n) is 9.65. The number of carbonyl (C=O) groups is 1. The second-order valence-electron chi connectivity index (χ2n) is 8.15. The second kappa shape index (κ2) is 9.22. The van der Waals surface area contributed by atoms with Crippen molar-refractivity contribution < 1.29 is 9.53 Å². The summed E-state index contributed by atoms with van der Waals surface area (Å²) in [6.45, 7) is 13.4. The van der Waals surface area contributed by atoms with E-state index in [1.807, 2.05) is 20.8 Å². The number of nitrogens with zero attached hydrogens (tertiary/aromatic N) is 2. The quantitative estimate of drug-likeness (QED) is 0.483. The van der Waals surface area contributed by atoms with Gasteiger partial charge in [0.1, 0.15) is 6.10 Å². The van der Waals surface area contributed by atoms with Gasteiger partial charge < -0.3 is 20.3 Å². The van der Waals surface area contributed by atoms with Crippen LogP contribution in [0.1, 0.15) is 43.6 Å². The van der Waals surface area contributed by atoms with Crippen LogP contribution < -0.4 is 10.6 Å². The van der Waals surface area contributed by atoms with Gasteiger partial charge in [0.25, 0.3) is 0 Å². The molecule has 0 spiro atoms. The molecule has 6 heteroatoms. The molecule has 0 aromatic heterocycles. The van der Waals surface area contributed by atoms with E-state index in [2.05, 4.69) is 52.6 Å². The van der Waals surface area contributed by atoms with E-state index in [1.54, 1.807) is 7.05 Å². The molecule has 150 valence electrons. The van der Waals surface area contributed by atoms with E-state index in [4.69, 9.17) is 4.74 Å². The predicted octanol–water partition coefficient (Wildman–Crippen LogP) is 2.41. The molecule has 1 aliphatic heterocycles. The number of guanidine groups is 1. The van der Waals surface area contributed by atoms with Crippen molar-refractivity contribution in [1.29, 1.82) is 0 Å². The Morgan fingerprint density at radius 2 is 1.96 bits per heavy atom. The largest absolute Gasteiger partial charge is 0.370 e. The number of aliphatic imine (C=N–C) groups is 1. The van der Waals surface area contributed by atoms with Gasteiger partial charge in [-0.2, -0.15) is 0 Å². The highest BCUT2D eigenvalue weighted by Gasteiger charge is 2.25. The zero-order valence-corrected chi connectivity index (χ0v) is 17.6. The minimum atomic E-state index is -0.370. The fraction of sp³-hybridized carbons (Fsp3) is 0.619. The topological polar surface area (TPSA) is 66.0 Å². The second-order valence-corrected chi connectivity index (χ2v) is 8.15. The number of nitrogens with one attached hydrogen (secondary N) is 2. The van der Waals surface area contributed by atoms with Crippen molar-refractivity contribution in [2.75, 3.05) is 39.8 Å². The maximum absolute atomic E-state index is 11.9. The maximum atomic E-state index is 11.9. The molecule has 1 fully saturated rings. The Balaban J connectivity index is 1.90. The predicted molar refractivity (Wildman–Crippen MR) is 110 cm³/mol. The number of morpholine rings is 1. The van der Waals surface area contributed by atoms with Crippen LogP contribution in [0.4, 0.5) is 0 Å². The number of hydrogen-bond acceptors (Lipinski definition) is 3. The summed E-state index contributed by atoms with van der Waals surface area (Å²) >= 11 is 0. The molecule has 1 saturated heterocycles. The highest BCUT2D eigenvalue weighted by atomic mass is 16.5. The lowest BCUT2D eigenvalue weighted by Gasteiger charge is -2.36. The molecule has 0 bridgehead atoms. The number of carbonyl (C=O) groups excluding carboxylic acids is 1. The number of amides is 1. The van der Waals surface area contributed by atoms with E-state index in [9.17, 15) is 4.79 Å². The van der Waals surface area contributed by atoms with Crippen molar-refractivity contribution in [2.24, 2.45) is 10.4 Å². The summed E-state index contributed by atoms with van der Waals surface area (Å²) in [5, 5.41) is 6.30. The molecule has 0 aliphatic carbocycles. The molecule has 1 heterocycles. The Kier molecular flexibility index (Phi) is 7.25. The molecule has 6 nitrogen and oxygen atoms in total. The molecular weight excluding hydrogens is 340 g/mol. The fourth-order valence-corrected chi connectivity index (χ4v) is 3.16. The van der Waals surface area contributed by atoms with E-state index < -0.39 is 0 Å². The van der Waals surface area contributed by atoms with Crippen molar-refractivity contribution in [3.63, 3.8) is 0 Å². The van der Waals surface area contributed by atoms with Gasteiger partial charge in [-0.05, 0) is 25.0 Å². The van der Waals surface area contributed by atoms with Crippen molar-refractivity contribution in [2.45, 2.75) is 40.7 Å². The summed E-state index contributed by atoms with van der Waals surface area (Å²) in [6, 6.07) is 6.50. The number of aryl methyl sites for hydroxylation is 2. The van der Waals surface area contributed by atoms with E-state index in [0.717, 1.165) is 19.0 Å². The van der Waals surface area contributed by atoms with Crippen LogP contribution >= 0.6 is 0 Å². The molecule has 2 rings (SSSR count).